The quantitative estimate of drug-likeness (QED) is 0.582. The Balaban J connectivity index is 1.82. The summed E-state index contributed by atoms with van der Waals surface area (Å²) in [6.45, 7) is 5.53. The van der Waals surface area contributed by atoms with Crippen LogP contribution >= 0.6 is 11.3 Å². The molecule has 4 atom stereocenters. The van der Waals surface area contributed by atoms with Gasteiger partial charge in [-0.15, -0.1) is 11.3 Å². The highest BCUT2D eigenvalue weighted by Crippen LogP contribution is 2.51. The second-order valence-electron chi connectivity index (χ2n) is 7.73. The van der Waals surface area contributed by atoms with Crippen LogP contribution in [0.4, 0.5) is 5.69 Å². The number of methoxy groups -OCH3 is 1. The minimum Gasteiger partial charge on any atom is -0.497 e. The summed E-state index contributed by atoms with van der Waals surface area (Å²) in [7, 11) is 1.53. The van der Waals surface area contributed by atoms with Gasteiger partial charge in [0.1, 0.15) is 11.3 Å². The fourth-order valence-corrected chi connectivity index (χ4v) is 5.56. The first-order valence-electron chi connectivity index (χ1n) is 9.84. The molecular formula is C22H24N2O5S. The standard InChI is InChI=1S/C22H24N2O5S/c1-5-29-21(27)22(3)16-15(17(23-22)18-12(2)9-10-30-18)19(25)24(20(16)26)13-7-6-8-14(11-13)28-4/h6-11,15-17,23H,5H2,1-4H3/t15-,16+,17+,22+/m0/s1. The van der Waals surface area contributed by atoms with Crippen LogP contribution in [0.25, 0.3) is 0 Å². The van der Waals surface area contributed by atoms with Gasteiger partial charge in [0.2, 0.25) is 11.8 Å². The van der Waals surface area contributed by atoms with Crippen molar-refractivity contribution < 1.29 is 23.9 Å². The van der Waals surface area contributed by atoms with Gasteiger partial charge in [0, 0.05) is 10.9 Å². The minimum absolute atomic E-state index is 0.192. The highest BCUT2D eigenvalue weighted by Gasteiger charge is 2.67. The fourth-order valence-electron chi connectivity index (χ4n) is 4.54. The molecule has 3 heterocycles. The normalized spacial score (nSPS) is 28.0. The van der Waals surface area contributed by atoms with Crippen LogP contribution in [0.2, 0.25) is 0 Å². The third-order valence-electron chi connectivity index (χ3n) is 5.98. The molecule has 158 valence electrons. The Hall–Kier alpha value is -2.71. The first-order valence-corrected chi connectivity index (χ1v) is 10.7. The van der Waals surface area contributed by atoms with Gasteiger partial charge in [0.25, 0.3) is 0 Å². The number of esters is 1. The van der Waals surface area contributed by atoms with Crippen molar-refractivity contribution in [2.75, 3.05) is 18.6 Å². The molecule has 2 aliphatic heterocycles. The van der Waals surface area contributed by atoms with Crippen molar-refractivity contribution >= 4 is 34.8 Å². The molecule has 0 radical (unpaired) electrons. The molecule has 1 N–H and O–H groups in total. The zero-order chi connectivity index (χ0) is 21.6. The van der Waals surface area contributed by atoms with Crippen LogP contribution in [0, 0.1) is 18.8 Å². The predicted octanol–water partition coefficient (Wildman–Crippen LogP) is 2.84. The molecule has 2 aliphatic rings. The third-order valence-corrected chi connectivity index (χ3v) is 7.08. The van der Waals surface area contributed by atoms with E-state index in [9.17, 15) is 14.4 Å². The van der Waals surface area contributed by atoms with Crippen molar-refractivity contribution in [1.29, 1.82) is 0 Å². The molecule has 0 unspecified atom stereocenters. The molecule has 2 aromatic rings. The Morgan fingerprint density at radius 2 is 2.03 bits per heavy atom. The number of carbonyl (C=O) groups excluding carboxylic acids is 3. The second-order valence-corrected chi connectivity index (χ2v) is 8.68. The van der Waals surface area contributed by atoms with E-state index in [1.54, 1.807) is 38.1 Å². The Morgan fingerprint density at radius 3 is 2.67 bits per heavy atom. The monoisotopic (exact) mass is 428 g/mol. The van der Waals surface area contributed by atoms with Crippen molar-refractivity contribution in [3.8, 4) is 5.75 Å². The first kappa shape index (κ1) is 20.6. The molecule has 30 heavy (non-hydrogen) atoms. The molecule has 7 nitrogen and oxygen atoms in total. The van der Waals surface area contributed by atoms with Gasteiger partial charge in [0.15, 0.2) is 0 Å². The number of amides is 2. The van der Waals surface area contributed by atoms with Crippen LogP contribution < -0.4 is 15.0 Å². The van der Waals surface area contributed by atoms with E-state index in [2.05, 4.69) is 5.32 Å². The number of imide groups is 1. The van der Waals surface area contributed by atoms with E-state index in [1.807, 2.05) is 18.4 Å². The number of nitrogens with zero attached hydrogens (tertiary/aromatic N) is 1. The maximum atomic E-state index is 13.6. The number of thiophene rings is 1. The molecule has 0 bridgehead atoms. The van der Waals surface area contributed by atoms with Gasteiger partial charge in [-0.2, -0.15) is 0 Å². The lowest BCUT2D eigenvalue weighted by atomic mass is 9.81. The highest BCUT2D eigenvalue weighted by molar-refractivity contribution is 7.10. The third kappa shape index (κ3) is 2.94. The lowest BCUT2D eigenvalue weighted by Crippen LogP contribution is -2.54. The van der Waals surface area contributed by atoms with Crippen molar-refractivity contribution in [2.24, 2.45) is 11.8 Å². The average molecular weight is 429 g/mol. The van der Waals surface area contributed by atoms with E-state index in [0.717, 1.165) is 10.4 Å². The number of aryl methyl sites for hydroxylation is 1. The van der Waals surface area contributed by atoms with Crippen molar-refractivity contribution in [3.63, 3.8) is 0 Å². The molecule has 2 fully saturated rings. The van der Waals surface area contributed by atoms with Crippen molar-refractivity contribution in [1.82, 2.24) is 5.32 Å². The topological polar surface area (TPSA) is 84.9 Å². The Kier molecular flexibility index (Phi) is 5.15. The summed E-state index contributed by atoms with van der Waals surface area (Å²) in [6.07, 6.45) is 0. The molecule has 8 heteroatoms. The first-order chi connectivity index (χ1) is 14.3. The number of carbonyl (C=O) groups is 3. The number of anilines is 1. The lowest BCUT2D eigenvalue weighted by Gasteiger charge is -2.29. The Labute approximate surface area is 179 Å². The van der Waals surface area contributed by atoms with E-state index >= 15 is 0 Å². The number of nitrogens with one attached hydrogen (secondary N) is 1. The molecule has 0 saturated carbocycles. The number of rotatable bonds is 5. The minimum atomic E-state index is -1.30. The average Bonchev–Trinajstić information content (AvgIpc) is 3.36. The molecule has 1 aromatic heterocycles. The number of benzene rings is 1. The lowest BCUT2D eigenvalue weighted by molar-refractivity contribution is -0.153. The summed E-state index contributed by atoms with van der Waals surface area (Å²) in [6, 6.07) is 8.34. The summed E-state index contributed by atoms with van der Waals surface area (Å²) in [5.41, 5.74) is 0.151. The summed E-state index contributed by atoms with van der Waals surface area (Å²) in [5, 5.41) is 5.24. The molecule has 0 aliphatic carbocycles. The molecule has 4 rings (SSSR count). The smallest absolute Gasteiger partial charge is 0.326 e. The van der Waals surface area contributed by atoms with Crippen LogP contribution in [-0.4, -0.2) is 37.0 Å². The number of hydrogen-bond acceptors (Lipinski definition) is 7. The van der Waals surface area contributed by atoms with Gasteiger partial charge in [-0.25, -0.2) is 4.90 Å². The zero-order valence-electron chi connectivity index (χ0n) is 17.3. The maximum Gasteiger partial charge on any atom is 0.326 e. The van der Waals surface area contributed by atoms with Gasteiger partial charge in [-0.05, 0) is 49.9 Å². The summed E-state index contributed by atoms with van der Waals surface area (Å²) >= 11 is 1.51. The molecular weight excluding hydrogens is 404 g/mol. The predicted molar refractivity (Wildman–Crippen MR) is 112 cm³/mol. The number of hydrogen-bond donors (Lipinski definition) is 1. The molecule has 0 spiro atoms. The summed E-state index contributed by atoms with van der Waals surface area (Å²) < 4.78 is 10.5. The van der Waals surface area contributed by atoms with Gasteiger partial charge in [0.05, 0.1) is 37.3 Å². The van der Waals surface area contributed by atoms with Crippen LogP contribution in [0.1, 0.15) is 30.3 Å². The van der Waals surface area contributed by atoms with E-state index in [1.165, 1.54) is 23.3 Å². The van der Waals surface area contributed by atoms with Crippen LogP contribution in [0.15, 0.2) is 35.7 Å². The van der Waals surface area contributed by atoms with E-state index in [-0.39, 0.29) is 12.5 Å². The largest absolute Gasteiger partial charge is 0.497 e. The van der Waals surface area contributed by atoms with Gasteiger partial charge in [-0.1, -0.05) is 6.07 Å². The van der Waals surface area contributed by atoms with Gasteiger partial charge in [-0.3, -0.25) is 19.7 Å². The second kappa shape index (κ2) is 7.52. The van der Waals surface area contributed by atoms with Crippen molar-refractivity contribution in [3.05, 3.63) is 46.2 Å². The number of ether oxygens (including phenoxy) is 2. The maximum absolute atomic E-state index is 13.6. The molecule has 2 amide bonds. The Morgan fingerprint density at radius 1 is 1.27 bits per heavy atom. The highest BCUT2D eigenvalue weighted by atomic mass is 32.1. The van der Waals surface area contributed by atoms with E-state index in [4.69, 9.17) is 9.47 Å². The Bertz CT molecular complexity index is 1020. The van der Waals surface area contributed by atoms with Crippen LogP contribution in [-0.2, 0) is 19.1 Å². The fraction of sp³-hybridized carbons (Fsp3) is 0.409. The molecule has 2 saturated heterocycles. The zero-order valence-corrected chi connectivity index (χ0v) is 18.1. The van der Waals surface area contributed by atoms with Crippen LogP contribution in [0.5, 0.6) is 5.75 Å². The van der Waals surface area contributed by atoms with Gasteiger partial charge < -0.3 is 9.47 Å². The van der Waals surface area contributed by atoms with Crippen molar-refractivity contribution in [2.45, 2.75) is 32.4 Å². The summed E-state index contributed by atoms with van der Waals surface area (Å²) in [5.74, 6) is -2.26. The van der Waals surface area contributed by atoms with Gasteiger partial charge >= 0.3 is 5.97 Å². The summed E-state index contributed by atoms with van der Waals surface area (Å²) in [4.78, 5) is 42.2. The number of fused-ring (bicyclic) bond motifs is 1. The van der Waals surface area contributed by atoms with E-state index in [0.29, 0.717) is 11.4 Å². The SMILES string of the molecule is CCOC(=O)[C@]1(C)N[C@@H](c2sccc2C)[C@H]2C(=O)N(c3cccc(OC)c3)C(=O)[C@@H]21. The van der Waals surface area contributed by atoms with E-state index < -0.39 is 35.3 Å². The molecule has 1 aromatic carbocycles. The van der Waals surface area contributed by atoms with Crippen LogP contribution in [0.3, 0.4) is 0 Å².